The fourth-order valence-corrected chi connectivity index (χ4v) is 4.38. The maximum Gasteiger partial charge on any atom is 0.270 e. The fraction of sp³-hybridized carbons (Fsp3) is 0.375. The summed E-state index contributed by atoms with van der Waals surface area (Å²) in [6.07, 6.45) is 9.92. The predicted octanol–water partition coefficient (Wildman–Crippen LogP) is 2.30. The van der Waals surface area contributed by atoms with Crippen molar-refractivity contribution in [2.24, 2.45) is 16.6 Å². The molecular weight excluding hydrogens is 390 g/mol. The van der Waals surface area contributed by atoms with Crippen molar-refractivity contribution in [2.45, 2.75) is 45.2 Å². The number of hydrogen-bond donors (Lipinski definition) is 1. The van der Waals surface area contributed by atoms with Crippen LogP contribution in [0.2, 0.25) is 0 Å². The molecule has 160 valence electrons. The summed E-state index contributed by atoms with van der Waals surface area (Å²) in [4.78, 5) is 40.0. The topological polar surface area (TPSA) is 102 Å². The molecule has 2 N–H and O–H groups in total. The van der Waals surface area contributed by atoms with Crippen molar-refractivity contribution >= 4 is 23.6 Å². The molecule has 1 aliphatic carbocycles. The number of carbonyl (C=O) groups excluding carboxylic acids is 2. The fourth-order valence-electron chi connectivity index (χ4n) is 4.38. The summed E-state index contributed by atoms with van der Waals surface area (Å²) < 4.78 is 0. The van der Waals surface area contributed by atoms with Gasteiger partial charge in [0.05, 0.1) is 5.41 Å². The number of aromatic nitrogens is 2. The minimum Gasteiger partial charge on any atom is -0.369 e. The Balaban J connectivity index is 1.50. The molecule has 2 aromatic rings. The second-order valence-electron chi connectivity index (χ2n) is 8.58. The number of carbonyl (C=O) groups is 2. The van der Waals surface area contributed by atoms with E-state index in [1.54, 1.807) is 23.5 Å². The second kappa shape index (κ2) is 8.06. The van der Waals surface area contributed by atoms with E-state index in [9.17, 15) is 9.59 Å². The Morgan fingerprint density at radius 1 is 1.35 bits per heavy atom. The van der Waals surface area contributed by atoms with Gasteiger partial charge >= 0.3 is 0 Å². The number of pyridine rings is 2. The standard InChI is InChI=1S/C24H27N5O2/c1-15(2)21-22(30)29(16(3)28-21)9-5-6-17-10-18-11-24(23(25)31,12-20(18)27-13-17)19-7-4-8-26-14-19/h4-8,10,13-16H,9,11-12H2,1-3H3,(H2,25,31)/b6-5+/t16-,24-/m0/s1. The van der Waals surface area contributed by atoms with Gasteiger partial charge < -0.3 is 10.6 Å². The molecule has 0 saturated heterocycles. The maximum absolute atomic E-state index is 12.5. The Labute approximate surface area is 182 Å². The van der Waals surface area contributed by atoms with Crippen LogP contribution in [0.25, 0.3) is 6.08 Å². The Kier molecular flexibility index (Phi) is 5.43. The number of nitrogens with two attached hydrogens (primary N) is 1. The molecule has 2 atom stereocenters. The van der Waals surface area contributed by atoms with Gasteiger partial charge in [-0.1, -0.05) is 32.1 Å². The summed E-state index contributed by atoms with van der Waals surface area (Å²) in [6, 6.07) is 5.76. The van der Waals surface area contributed by atoms with Gasteiger partial charge in [-0.25, -0.2) is 0 Å². The van der Waals surface area contributed by atoms with Crippen molar-refractivity contribution in [2.75, 3.05) is 6.54 Å². The molecule has 1 aliphatic heterocycles. The van der Waals surface area contributed by atoms with E-state index in [4.69, 9.17) is 5.73 Å². The number of fused-ring (bicyclic) bond motifs is 1. The molecule has 2 aromatic heterocycles. The Morgan fingerprint density at radius 2 is 2.16 bits per heavy atom. The van der Waals surface area contributed by atoms with Gasteiger partial charge in [-0.15, -0.1) is 0 Å². The van der Waals surface area contributed by atoms with E-state index in [0.717, 1.165) is 22.4 Å². The van der Waals surface area contributed by atoms with Crippen molar-refractivity contribution < 1.29 is 9.59 Å². The van der Waals surface area contributed by atoms with E-state index in [2.05, 4.69) is 15.0 Å². The lowest BCUT2D eigenvalue weighted by Crippen LogP contribution is -2.42. The molecular formula is C24H27N5O2. The van der Waals surface area contributed by atoms with Crippen LogP contribution in [0.4, 0.5) is 0 Å². The molecule has 3 heterocycles. The average Bonchev–Trinajstić information content (AvgIpc) is 3.28. The molecule has 31 heavy (non-hydrogen) atoms. The van der Waals surface area contributed by atoms with Crippen LogP contribution < -0.4 is 5.73 Å². The Hall–Kier alpha value is -3.35. The van der Waals surface area contributed by atoms with Crippen molar-refractivity contribution in [3.05, 3.63) is 65.2 Å². The molecule has 0 aromatic carbocycles. The van der Waals surface area contributed by atoms with Gasteiger partial charge in [-0.2, -0.15) is 0 Å². The molecule has 7 heteroatoms. The van der Waals surface area contributed by atoms with Crippen LogP contribution in [0.5, 0.6) is 0 Å². The first kappa shape index (κ1) is 20.9. The number of hydrogen-bond acceptors (Lipinski definition) is 5. The lowest BCUT2D eigenvalue weighted by atomic mass is 9.78. The summed E-state index contributed by atoms with van der Waals surface area (Å²) in [7, 11) is 0. The first-order valence-corrected chi connectivity index (χ1v) is 10.6. The molecule has 4 rings (SSSR count). The van der Waals surface area contributed by atoms with E-state index in [1.807, 2.05) is 51.1 Å². The van der Waals surface area contributed by atoms with Crippen LogP contribution in [0, 0.1) is 5.92 Å². The van der Waals surface area contributed by atoms with Gasteiger partial charge in [0.15, 0.2) is 0 Å². The zero-order valence-electron chi connectivity index (χ0n) is 18.1. The van der Waals surface area contributed by atoms with Gasteiger partial charge in [0, 0.05) is 43.2 Å². The third-order valence-electron chi connectivity index (χ3n) is 6.14. The maximum atomic E-state index is 12.5. The van der Waals surface area contributed by atoms with Crippen molar-refractivity contribution in [1.82, 2.24) is 14.9 Å². The van der Waals surface area contributed by atoms with Gasteiger partial charge in [-0.05, 0) is 42.2 Å². The number of aliphatic imine (C=N–C) groups is 1. The summed E-state index contributed by atoms with van der Waals surface area (Å²) in [5.41, 5.74) is 9.31. The van der Waals surface area contributed by atoms with Crippen molar-refractivity contribution in [3.63, 3.8) is 0 Å². The van der Waals surface area contributed by atoms with Crippen LogP contribution in [0.3, 0.4) is 0 Å². The highest BCUT2D eigenvalue weighted by atomic mass is 16.2. The zero-order chi connectivity index (χ0) is 22.2. The lowest BCUT2D eigenvalue weighted by Gasteiger charge is -2.24. The van der Waals surface area contributed by atoms with Crippen LogP contribution in [0.15, 0.2) is 47.9 Å². The van der Waals surface area contributed by atoms with Crippen LogP contribution in [-0.4, -0.2) is 45.1 Å². The highest BCUT2D eigenvalue weighted by Crippen LogP contribution is 2.39. The largest absolute Gasteiger partial charge is 0.369 e. The van der Waals surface area contributed by atoms with Crippen molar-refractivity contribution in [3.8, 4) is 0 Å². The summed E-state index contributed by atoms with van der Waals surface area (Å²) in [5.74, 6) is -0.241. The lowest BCUT2D eigenvalue weighted by molar-refractivity contribution is -0.124. The minimum atomic E-state index is -0.812. The molecule has 2 aliphatic rings. The smallest absolute Gasteiger partial charge is 0.270 e. The number of primary amides is 1. The first-order chi connectivity index (χ1) is 14.8. The van der Waals surface area contributed by atoms with Gasteiger partial charge in [-0.3, -0.25) is 24.5 Å². The summed E-state index contributed by atoms with van der Waals surface area (Å²) in [5, 5.41) is 0. The molecule has 0 fully saturated rings. The van der Waals surface area contributed by atoms with Crippen LogP contribution in [0.1, 0.15) is 43.2 Å². The van der Waals surface area contributed by atoms with Crippen LogP contribution >= 0.6 is 0 Å². The molecule has 0 bridgehead atoms. The van der Waals surface area contributed by atoms with Gasteiger partial charge in [0.1, 0.15) is 11.9 Å². The molecule has 2 amide bonds. The van der Waals surface area contributed by atoms with Crippen molar-refractivity contribution in [1.29, 1.82) is 0 Å². The summed E-state index contributed by atoms with van der Waals surface area (Å²) in [6.45, 7) is 6.38. The van der Waals surface area contributed by atoms with Crippen LogP contribution in [-0.2, 0) is 27.8 Å². The second-order valence-corrected chi connectivity index (χ2v) is 8.58. The highest BCUT2D eigenvalue weighted by molar-refractivity contribution is 6.40. The number of nitrogens with zero attached hydrogens (tertiary/aromatic N) is 4. The zero-order valence-corrected chi connectivity index (χ0v) is 18.1. The van der Waals surface area contributed by atoms with E-state index < -0.39 is 5.41 Å². The molecule has 0 radical (unpaired) electrons. The summed E-state index contributed by atoms with van der Waals surface area (Å²) >= 11 is 0. The quantitative estimate of drug-likeness (QED) is 0.779. The third-order valence-corrected chi connectivity index (χ3v) is 6.14. The Bertz CT molecular complexity index is 1080. The monoisotopic (exact) mass is 417 g/mol. The van der Waals surface area contributed by atoms with E-state index in [-0.39, 0.29) is 23.9 Å². The average molecular weight is 418 g/mol. The molecule has 0 unspecified atom stereocenters. The SMILES string of the molecule is CC(C)C1=N[C@H](C)N(C/C=C/c2cnc3c(c2)C[C@@](C(N)=O)(c2cccnc2)C3)C1=O. The molecule has 7 nitrogen and oxygen atoms in total. The molecule has 0 spiro atoms. The predicted molar refractivity (Wildman–Crippen MR) is 119 cm³/mol. The van der Waals surface area contributed by atoms with E-state index in [0.29, 0.717) is 25.1 Å². The van der Waals surface area contributed by atoms with Gasteiger partial charge in [0.2, 0.25) is 5.91 Å². The minimum absolute atomic E-state index is 0.00180. The Morgan fingerprint density at radius 3 is 2.81 bits per heavy atom. The highest BCUT2D eigenvalue weighted by Gasteiger charge is 2.45. The third kappa shape index (κ3) is 3.76. The first-order valence-electron chi connectivity index (χ1n) is 10.6. The van der Waals surface area contributed by atoms with Gasteiger partial charge in [0.25, 0.3) is 5.91 Å². The number of amides is 2. The normalized spacial score (nSPS) is 23.0. The van der Waals surface area contributed by atoms with E-state index >= 15 is 0 Å². The molecule has 0 saturated carbocycles. The number of rotatable bonds is 6. The van der Waals surface area contributed by atoms with E-state index in [1.165, 1.54) is 0 Å².